The molecule has 0 fully saturated rings. The molecule has 0 amide bonds. The van der Waals surface area contributed by atoms with Crippen molar-refractivity contribution in [2.75, 3.05) is 13.2 Å². The maximum Gasteiger partial charge on any atom is 0.306 e. The average molecular weight is 887 g/mol. The van der Waals surface area contributed by atoms with Crippen molar-refractivity contribution < 1.29 is 28.6 Å². The second kappa shape index (κ2) is 51.7. The molecule has 0 radical (unpaired) electrons. The molecule has 0 aromatic heterocycles. The van der Waals surface area contributed by atoms with Crippen molar-refractivity contribution in [3.8, 4) is 0 Å². The van der Waals surface area contributed by atoms with E-state index in [1.54, 1.807) is 0 Å². The molecule has 0 aromatic rings. The summed E-state index contributed by atoms with van der Waals surface area (Å²) in [6, 6.07) is 0. The summed E-state index contributed by atoms with van der Waals surface area (Å²) in [4.78, 5) is 37.8. The van der Waals surface area contributed by atoms with Gasteiger partial charge in [-0.2, -0.15) is 0 Å². The van der Waals surface area contributed by atoms with Crippen molar-refractivity contribution in [2.24, 2.45) is 0 Å². The first-order valence-corrected chi connectivity index (χ1v) is 25.9. The normalized spacial score (nSPS) is 13.0. The Bertz CT molecular complexity index is 1340. The Balaban J connectivity index is 4.48. The van der Waals surface area contributed by atoms with Gasteiger partial charge < -0.3 is 14.2 Å². The first kappa shape index (κ1) is 60.1. The van der Waals surface area contributed by atoms with E-state index < -0.39 is 6.10 Å². The van der Waals surface area contributed by atoms with Crippen molar-refractivity contribution in [1.82, 2.24) is 0 Å². The van der Waals surface area contributed by atoms with Crippen LogP contribution in [0.5, 0.6) is 0 Å². The van der Waals surface area contributed by atoms with Gasteiger partial charge in [-0.3, -0.25) is 14.4 Å². The van der Waals surface area contributed by atoms with E-state index in [-0.39, 0.29) is 37.5 Å². The Labute approximate surface area is 393 Å². The van der Waals surface area contributed by atoms with Gasteiger partial charge in [0.1, 0.15) is 13.2 Å². The van der Waals surface area contributed by atoms with Gasteiger partial charge in [-0.15, -0.1) is 0 Å². The number of allylic oxidation sites excluding steroid dienone is 18. The topological polar surface area (TPSA) is 78.9 Å². The van der Waals surface area contributed by atoms with Crippen molar-refractivity contribution in [2.45, 2.75) is 226 Å². The monoisotopic (exact) mass is 887 g/mol. The Morgan fingerprint density at radius 1 is 0.328 bits per heavy atom. The SMILES string of the molecule is CC/C=C\C/C=C\C/C=C\C/C=C\C/C=C\C/C=C\CCC(=O)OCC(COC(=O)CCCC/C=C\C/C=C\CC)OC(=O)CCCCCCC/C=C\CCCCCCCCCCC. The summed E-state index contributed by atoms with van der Waals surface area (Å²) in [6.07, 6.45) is 69.6. The number of hydrogen-bond donors (Lipinski definition) is 0. The molecule has 1 unspecified atom stereocenters. The van der Waals surface area contributed by atoms with Gasteiger partial charge in [0.15, 0.2) is 6.10 Å². The molecule has 0 saturated carbocycles. The highest BCUT2D eigenvalue weighted by Gasteiger charge is 2.19. The van der Waals surface area contributed by atoms with E-state index in [2.05, 4.69) is 118 Å². The zero-order valence-electron chi connectivity index (χ0n) is 41.3. The molecule has 0 aliphatic carbocycles. The van der Waals surface area contributed by atoms with Gasteiger partial charge in [0.25, 0.3) is 0 Å². The Morgan fingerprint density at radius 2 is 0.641 bits per heavy atom. The van der Waals surface area contributed by atoms with Gasteiger partial charge >= 0.3 is 17.9 Å². The molecule has 0 aliphatic heterocycles. The Morgan fingerprint density at radius 3 is 1.09 bits per heavy atom. The quantitative estimate of drug-likeness (QED) is 0.0262. The van der Waals surface area contributed by atoms with E-state index in [9.17, 15) is 14.4 Å². The van der Waals surface area contributed by atoms with Crippen LogP contribution in [0.15, 0.2) is 109 Å². The number of carbonyl (C=O) groups is 3. The first-order valence-electron chi connectivity index (χ1n) is 25.9. The molecule has 0 bridgehead atoms. The fraction of sp³-hybridized carbons (Fsp3) is 0.638. The molecule has 1 atom stereocenters. The van der Waals surface area contributed by atoms with E-state index in [1.165, 1.54) is 70.6 Å². The van der Waals surface area contributed by atoms with Crippen LogP contribution in [0.25, 0.3) is 0 Å². The van der Waals surface area contributed by atoms with Crippen LogP contribution >= 0.6 is 0 Å². The van der Waals surface area contributed by atoms with Gasteiger partial charge in [-0.1, -0.05) is 201 Å². The maximum absolute atomic E-state index is 12.8. The highest BCUT2D eigenvalue weighted by atomic mass is 16.6. The first-order chi connectivity index (χ1) is 31.5. The van der Waals surface area contributed by atoms with Crippen molar-refractivity contribution >= 4 is 17.9 Å². The molecule has 0 saturated heterocycles. The zero-order valence-corrected chi connectivity index (χ0v) is 41.3. The lowest BCUT2D eigenvalue weighted by atomic mass is 10.1. The van der Waals surface area contributed by atoms with Gasteiger partial charge in [-0.25, -0.2) is 0 Å². The molecular formula is C58H94O6. The van der Waals surface area contributed by atoms with E-state index in [4.69, 9.17) is 14.2 Å². The minimum Gasteiger partial charge on any atom is -0.462 e. The smallest absolute Gasteiger partial charge is 0.306 e. The van der Waals surface area contributed by atoms with Crippen LogP contribution in [0.4, 0.5) is 0 Å². The lowest BCUT2D eigenvalue weighted by Gasteiger charge is -2.18. The minimum atomic E-state index is -0.826. The van der Waals surface area contributed by atoms with E-state index >= 15 is 0 Å². The summed E-state index contributed by atoms with van der Waals surface area (Å²) >= 11 is 0. The number of rotatable bonds is 45. The molecule has 64 heavy (non-hydrogen) atoms. The molecule has 362 valence electrons. The largest absolute Gasteiger partial charge is 0.462 e. The Hall–Kier alpha value is -3.93. The summed E-state index contributed by atoms with van der Waals surface area (Å²) in [5, 5.41) is 0. The summed E-state index contributed by atoms with van der Waals surface area (Å²) in [7, 11) is 0. The standard InChI is InChI=1S/C58H94O6/c1-4-7-10-13-16-19-21-23-25-27-29-31-32-34-36-39-42-45-48-51-57(60)63-54-55(53-62-56(59)50-47-44-41-38-18-15-12-9-6-3)64-58(61)52-49-46-43-40-37-35-33-30-28-26-24-22-20-17-14-11-8-5-2/h7,9-10,12,16,18-19,23,25,29-31,33-34,36,38,42,45,55H,4-6,8,11,13-15,17,20-22,24,26-28,32,35,37,39-41,43-44,46-54H2,1-3H3/b10-7-,12-9-,19-16-,25-23-,31-29-,33-30-,36-34-,38-18-,45-42-. The average Bonchev–Trinajstić information content (AvgIpc) is 3.29. The van der Waals surface area contributed by atoms with Crippen LogP contribution in [-0.4, -0.2) is 37.2 Å². The lowest BCUT2D eigenvalue weighted by molar-refractivity contribution is -0.166. The number of carbonyl (C=O) groups excluding carboxylic acids is 3. The highest BCUT2D eigenvalue weighted by molar-refractivity contribution is 5.71. The number of ether oxygens (including phenoxy) is 3. The third-order valence-corrected chi connectivity index (χ3v) is 10.5. The molecule has 6 heteroatoms. The summed E-state index contributed by atoms with van der Waals surface area (Å²) in [5.41, 5.74) is 0. The third-order valence-electron chi connectivity index (χ3n) is 10.5. The van der Waals surface area contributed by atoms with Gasteiger partial charge in [0.2, 0.25) is 0 Å². The fourth-order valence-electron chi connectivity index (χ4n) is 6.68. The zero-order chi connectivity index (χ0) is 46.5. The molecule has 0 heterocycles. The fourth-order valence-corrected chi connectivity index (χ4v) is 6.68. The van der Waals surface area contributed by atoms with E-state index in [0.717, 1.165) is 103 Å². The van der Waals surface area contributed by atoms with Crippen LogP contribution in [0, 0.1) is 0 Å². The number of hydrogen-bond acceptors (Lipinski definition) is 6. The van der Waals surface area contributed by atoms with Crippen molar-refractivity contribution in [3.63, 3.8) is 0 Å². The van der Waals surface area contributed by atoms with Crippen LogP contribution < -0.4 is 0 Å². The summed E-state index contributed by atoms with van der Waals surface area (Å²) < 4.78 is 16.6. The second-order valence-corrected chi connectivity index (χ2v) is 16.7. The molecule has 0 aliphatic rings. The second-order valence-electron chi connectivity index (χ2n) is 16.7. The molecule has 0 aromatic carbocycles. The van der Waals surface area contributed by atoms with E-state index in [0.29, 0.717) is 19.3 Å². The molecule has 0 spiro atoms. The summed E-state index contributed by atoms with van der Waals surface area (Å²) in [6.45, 7) is 6.28. The molecule has 0 N–H and O–H groups in total. The van der Waals surface area contributed by atoms with Crippen LogP contribution in [-0.2, 0) is 28.6 Å². The van der Waals surface area contributed by atoms with Gasteiger partial charge in [0.05, 0.1) is 0 Å². The number of unbranched alkanes of at least 4 members (excludes halogenated alkanes) is 16. The molecule has 6 nitrogen and oxygen atoms in total. The molecule has 0 rings (SSSR count). The summed E-state index contributed by atoms with van der Waals surface area (Å²) in [5.74, 6) is -1.06. The van der Waals surface area contributed by atoms with E-state index in [1.807, 2.05) is 12.2 Å². The molecular weight excluding hydrogens is 793 g/mol. The van der Waals surface area contributed by atoms with Crippen LogP contribution in [0.1, 0.15) is 220 Å². The van der Waals surface area contributed by atoms with Crippen LogP contribution in [0.2, 0.25) is 0 Å². The predicted molar refractivity (Wildman–Crippen MR) is 274 cm³/mol. The Kier molecular flexibility index (Phi) is 48.5. The predicted octanol–water partition coefficient (Wildman–Crippen LogP) is 17.1. The third kappa shape index (κ3) is 49.1. The highest BCUT2D eigenvalue weighted by Crippen LogP contribution is 2.13. The van der Waals surface area contributed by atoms with Crippen molar-refractivity contribution in [1.29, 1.82) is 0 Å². The lowest BCUT2D eigenvalue weighted by Crippen LogP contribution is -2.30. The van der Waals surface area contributed by atoms with Crippen LogP contribution in [0.3, 0.4) is 0 Å². The minimum absolute atomic E-state index is 0.124. The van der Waals surface area contributed by atoms with Gasteiger partial charge in [0, 0.05) is 19.3 Å². The van der Waals surface area contributed by atoms with Crippen molar-refractivity contribution in [3.05, 3.63) is 109 Å². The van der Waals surface area contributed by atoms with Gasteiger partial charge in [-0.05, 0) is 109 Å². The maximum atomic E-state index is 12.8. The number of esters is 3.